The van der Waals surface area contributed by atoms with Gasteiger partial charge >= 0.3 is 0 Å². The van der Waals surface area contributed by atoms with Crippen LogP contribution in [0, 0.1) is 0 Å². The Labute approximate surface area is 184 Å². The first kappa shape index (κ1) is 20.9. The number of thioether (sulfide) groups is 1. The lowest BCUT2D eigenvalue weighted by Crippen LogP contribution is -2.32. The number of fused-ring (bicyclic) bond motifs is 2. The van der Waals surface area contributed by atoms with Crippen molar-refractivity contribution in [2.45, 2.75) is 50.4 Å². The van der Waals surface area contributed by atoms with E-state index in [2.05, 4.69) is 31.0 Å². The molecule has 0 spiro atoms. The minimum absolute atomic E-state index is 0.0402. The van der Waals surface area contributed by atoms with Crippen molar-refractivity contribution in [1.82, 2.24) is 14.9 Å². The highest BCUT2D eigenvalue weighted by Crippen LogP contribution is 2.30. The number of aromatic nitrogens is 2. The second-order valence-electron chi connectivity index (χ2n) is 7.38. The second-order valence-corrected chi connectivity index (χ2v) is 9.44. The summed E-state index contributed by atoms with van der Waals surface area (Å²) < 4.78 is 1.61. The number of aryl methyl sites for hydroxylation is 2. The average Bonchev–Trinajstić information content (AvgIpc) is 3.18. The van der Waals surface area contributed by atoms with Crippen LogP contribution in [0.3, 0.4) is 0 Å². The van der Waals surface area contributed by atoms with Crippen LogP contribution in [0.5, 0.6) is 0 Å². The van der Waals surface area contributed by atoms with E-state index in [-0.39, 0.29) is 23.3 Å². The molecule has 1 aromatic carbocycles. The van der Waals surface area contributed by atoms with E-state index < -0.39 is 0 Å². The summed E-state index contributed by atoms with van der Waals surface area (Å²) in [5, 5.41) is 4.38. The average molecular weight is 440 g/mol. The van der Waals surface area contributed by atoms with Gasteiger partial charge in [0.25, 0.3) is 5.56 Å². The Morgan fingerprint density at radius 3 is 3.07 bits per heavy atom. The maximum atomic E-state index is 12.9. The Balaban J connectivity index is 1.52. The van der Waals surface area contributed by atoms with E-state index >= 15 is 0 Å². The molecule has 1 aliphatic rings. The Morgan fingerprint density at radius 2 is 2.27 bits per heavy atom. The summed E-state index contributed by atoms with van der Waals surface area (Å²) in [7, 11) is 0. The van der Waals surface area contributed by atoms with Crippen molar-refractivity contribution in [2.24, 2.45) is 0 Å². The van der Waals surface area contributed by atoms with Crippen molar-refractivity contribution in [3.8, 4) is 0 Å². The number of rotatable bonds is 7. The lowest BCUT2D eigenvalue weighted by atomic mass is 9.88. The zero-order valence-electron chi connectivity index (χ0n) is 17.0. The molecule has 0 fully saturated rings. The zero-order chi connectivity index (χ0) is 21.1. The number of hydrogen-bond donors (Lipinski definition) is 1. The molecule has 5 nitrogen and oxygen atoms in total. The molecule has 30 heavy (non-hydrogen) atoms. The van der Waals surface area contributed by atoms with E-state index in [0.717, 1.165) is 35.4 Å². The molecule has 2 aromatic heterocycles. The van der Waals surface area contributed by atoms with Crippen LogP contribution in [-0.2, 0) is 24.2 Å². The normalized spacial score (nSPS) is 15.7. The van der Waals surface area contributed by atoms with Gasteiger partial charge in [0.1, 0.15) is 4.83 Å². The molecule has 0 saturated heterocycles. The molecule has 0 unspecified atom stereocenters. The Hall–Kier alpha value is -2.38. The minimum Gasteiger partial charge on any atom is -0.349 e. The maximum Gasteiger partial charge on any atom is 0.263 e. The molecule has 156 valence electrons. The van der Waals surface area contributed by atoms with Gasteiger partial charge in [0.2, 0.25) is 5.91 Å². The molecule has 0 bridgehead atoms. The van der Waals surface area contributed by atoms with Crippen molar-refractivity contribution in [1.29, 1.82) is 0 Å². The van der Waals surface area contributed by atoms with Gasteiger partial charge in [0.05, 0.1) is 17.2 Å². The number of carbonyl (C=O) groups excluding carboxylic acids is 1. The van der Waals surface area contributed by atoms with Crippen LogP contribution in [-0.4, -0.2) is 21.2 Å². The molecule has 1 amide bonds. The largest absolute Gasteiger partial charge is 0.349 e. The number of amides is 1. The topological polar surface area (TPSA) is 64.0 Å². The van der Waals surface area contributed by atoms with Crippen molar-refractivity contribution >= 4 is 39.2 Å². The third-order valence-corrected chi connectivity index (χ3v) is 7.51. The van der Waals surface area contributed by atoms with Gasteiger partial charge < -0.3 is 5.32 Å². The third-order valence-electron chi connectivity index (χ3n) is 5.36. The summed E-state index contributed by atoms with van der Waals surface area (Å²) in [6, 6.07) is 10.3. The van der Waals surface area contributed by atoms with E-state index in [1.165, 1.54) is 22.9 Å². The SMILES string of the molecule is C=CCn1c(SCC(=O)N[C@@H]2CCCc3ccccc32)nc2sc(CC)cc2c1=O. The number of allylic oxidation sites excluding steroid dienone is 1. The summed E-state index contributed by atoms with van der Waals surface area (Å²) in [4.78, 5) is 32.2. The zero-order valence-corrected chi connectivity index (χ0v) is 18.7. The summed E-state index contributed by atoms with van der Waals surface area (Å²) >= 11 is 2.85. The van der Waals surface area contributed by atoms with Gasteiger partial charge in [-0.2, -0.15) is 0 Å². The lowest BCUT2D eigenvalue weighted by molar-refractivity contribution is -0.119. The Bertz CT molecular complexity index is 1150. The highest BCUT2D eigenvalue weighted by molar-refractivity contribution is 7.99. The summed E-state index contributed by atoms with van der Waals surface area (Å²) in [6.45, 7) is 6.20. The highest BCUT2D eigenvalue weighted by atomic mass is 32.2. The molecule has 3 aromatic rings. The van der Waals surface area contributed by atoms with Gasteiger partial charge in [-0.25, -0.2) is 4.98 Å². The number of nitrogens with zero attached hydrogens (tertiary/aromatic N) is 2. The fourth-order valence-corrected chi connectivity index (χ4v) is 5.72. The van der Waals surface area contributed by atoms with E-state index in [4.69, 9.17) is 4.98 Å². The lowest BCUT2D eigenvalue weighted by Gasteiger charge is -2.26. The van der Waals surface area contributed by atoms with Gasteiger partial charge in [-0.15, -0.1) is 17.9 Å². The van der Waals surface area contributed by atoms with Crippen LogP contribution >= 0.6 is 23.1 Å². The molecule has 1 N–H and O–H groups in total. The highest BCUT2D eigenvalue weighted by Gasteiger charge is 2.22. The van der Waals surface area contributed by atoms with Crippen LogP contribution in [0.2, 0.25) is 0 Å². The monoisotopic (exact) mass is 439 g/mol. The quantitative estimate of drug-likeness (QED) is 0.335. The minimum atomic E-state index is -0.0695. The fourth-order valence-electron chi connectivity index (χ4n) is 3.89. The molecular formula is C23H25N3O2S2. The summed E-state index contributed by atoms with van der Waals surface area (Å²) in [5.74, 6) is 0.182. The number of carbonyl (C=O) groups is 1. The molecule has 1 atom stereocenters. The van der Waals surface area contributed by atoms with E-state index in [0.29, 0.717) is 17.1 Å². The molecule has 2 heterocycles. The van der Waals surface area contributed by atoms with Crippen LogP contribution in [0.4, 0.5) is 0 Å². The fraction of sp³-hybridized carbons (Fsp3) is 0.348. The molecule has 0 saturated carbocycles. The predicted octanol–water partition coefficient (Wildman–Crippen LogP) is 4.49. The number of hydrogen-bond acceptors (Lipinski definition) is 5. The van der Waals surface area contributed by atoms with Crippen LogP contribution in [0.15, 0.2) is 52.9 Å². The van der Waals surface area contributed by atoms with Crippen LogP contribution < -0.4 is 10.9 Å². The molecule has 0 radical (unpaired) electrons. The van der Waals surface area contributed by atoms with Crippen LogP contribution in [0.1, 0.15) is 41.8 Å². The van der Waals surface area contributed by atoms with Crippen LogP contribution in [0.25, 0.3) is 10.2 Å². The summed E-state index contributed by atoms with van der Waals surface area (Å²) in [6.07, 6.45) is 5.65. The molecule has 7 heteroatoms. The van der Waals surface area contributed by atoms with Crippen molar-refractivity contribution < 1.29 is 4.79 Å². The van der Waals surface area contributed by atoms with Gasteiger partial charge in [0.15, 0.2) is 5.16 Å². The first-order chi connectivity index (χ1) is 14.6. The van der Waals surface area contributed by atoms with Crippen molar-refractivity contribution in [3.05, 3.63) is 69.3 Å². The summed E-state index contributed by atoms with van der Waals surface area (Å²) in [5.41, 5.74) is 2.47. The molecule has 4 rings (SSSR count). The predicted molar refractivity (Wildman–Crippen MR) is 124 cm³/mol. The Kier molecular flexibility index (Phi) is 6.39. The number of thiophene rings is 1. The first-order valence-corrected chi connectivity index (χ1v) is 12.0. The maximum absolute atomic E-state index is 12.9. The Morgan fingerprint density at radius 1 is 1.43 bits per heavy atom. The van der Waals surface area contributed by atoms with Crippen molar-refractivity contribution in [2.75, 3.05) is 5.75 Å². The van der Waals surface area contributed by atoms with E-state index in [9.17, 15) is 9.59 Å². The molecule has 1 aliphatic carbocycles. The van der Waals surface area contributed by atoms with Gasteiger partial charge in [-0.3, -0.25) is 14.2 Å². The van der Waals surface area contributed by atoms with E-state index in [1.54, 1.807) is 22.0 Å². The standard InChI is InChI=1S/C23H25N3O2S2/c1-3-12-26-22(28)18-13-16(4-2)30-21(18)25-23(26)29-14-20(27)24-19-11-7-9-15-8-5-6-10-17(15)19/h3,5-6,8,10,13,19H,1,4,7,9,11-12,14H2,2H3,(H,24,27)/t19-/m1/s1. The van der Waals surface area contributed by atoms with Crippen molar-refractivity contribution in [3.63, 3.8) is 0 Å². The molecule has 0 aliphatic heterocycles. The number of nitrogens with one attached hydrogen (secondary N) is 1. The smallest absolute Gasteiger partial charge is 0.263 e. The van der Waals surface area contributed by atoms with Gasteiger partial charge in [-0.05, 0) is 42.9 Å². The number of benzene rings is 1. The third kappa shape index (κ3) is 4.23. The molecular weight excluding hydrogens is 414 g/mol. The first-order valence-electron chi connectivity index (χ1n) is 10.2. The second kappa shape index (κ2) is 9.18. The van der Waals surface area contributed by atoms with Gasteiger partial charge in [0, 0.05) is 11.4 Å². The van der Waals surface area contributed by atoms with Gasteiger partial charge in [-0.1, -0.05) is 49.0 Å². The van der Waals surface area contributed by atoms with E-state index in [1.807, 2.05) is 18.2 Å².